The summed E-state index contributed by atoms with van der Waals surface area (Å²) in [5.41, 5.74) is 1.62. The van der Waals surface area contributed by atoms with Crippen LogP contribution in [0.1, 0.15) is 29.8 Å². The van der Waals surface area contributed by atoms with Crippen molar-refractivity contribution >= 4 is 5.91 Å². The number of carbonyl (C=O) groups is 1. The van der Waals surface area contributed by atoms with E-state index in [0.717, 1.165) is 5.56 Å². The number of amides is 1. The van der Waals surface area contributed by atoms with Gasteiger partial charge in [0.1, 0.15) is 0 Å². The monoisotopic (exact) mass is 299 g/mol. The molecule has 0 saturated carbocycles. The van der Waals surface area contributed by atoms with Gasteiger partial charge >= 0.3 is 0 Å². The molecule has 0 aliphatic rings. The Bertz CT molecular complexity index is 611. The van der Waals surface area contributed by atoms with Crippen LogP contribution in [0.5, 0.6) is 11.5 Å². The predicted octanol–water partition coefficient (Wildman–Crippen LogP) is 3.41. The highest BCUT2D eigenvalue weighted by Gasteiger charge is 2.11. The predicted molar refractivity (Wildman–Crippen MR) is 86.4 cm³/mol. The molecule has 4 heteroatoms. The van der Waals surface area contributed by atoms with Gasteiger partial charge in [0, 0.05) is 12.1 Å². The van der Waals surface area contributed by atoms with E-state index in [1.54, 1.807) is 18.2 Å². The minimum Gasteiger partial charge on any atom is -0.490 e. The maximum Gasteiger partial charge on any atom is 0.251 e. The SMILES string of the molecule is CCOc1ccc(C(=O)NCc2ccccc2)cc1OCC. The van der Waals surface area contributed by atoms with Gasteiger partial charge in [0.15, 0.2) is 11.5 Å². The van der Waals surface area contributed by atoms with Crippen LogP contribution >= 0.6 is 0 Å². The first-order valence-electron chi connectivity index (χ1n) is 7.46. The van der Waals surface area contributed by atoms with E-state index in [1.807, 2.05) is 44.2 Å². The van der Waals surface area contributed by atoms with Crippen molar-refractivity contribution in [3.63, 3.8) is 0 Å². The molecule has 22 heavy (non-hydrogen) atoms. The Morgan fingerprint density at radius 1 is 0.955 bits per heavy atom. The Morgan fingerprint density at radius 2 is 1.64 bits per heavy atom. The quantitative estimate of drug-likeness (QED) is 0.852. The normalized spacial score (nSPS) is 10.1. The van der Waals surface area contributed by atoms with Crippen molar-refractivity contribution in [1.29, 1.82) is 0 Å². The largest absolute Gasteiger partial charge is 0.490 e. The molecule has 4 nitrogen and oxygen atoms in total. The van der Waals surface area contributed by atoms with Crippen LogP contribution in [-0.2, 0) is 6.54 Å². The lowest BCUT2D eigenvalue weighted by Crippen LogP contribution is -2.22. The summed E-state index contributed by atoms with van der Waals surface area (Å²) in [6.07, 6.45) is 0. The lowest BCUT2D eigenvalue weighted by Gasteiger charge is -2.12. The summed E-state index contributed by atoms with van der Waals surface area (Å²) < 4.78 is 11.0. The number of hydrogen-bond donors (Lipinski definition) is 1. The first kappa shape index (κ1) is 15.9. The highest BCUT2D eigenvalue weighted by atomic mass is 16.5. The molecule has 0 atom stereocenters. The molecular weight excluding hydrogens is 278 g/mol. The summed E-state index contributed by atoms with van der Waals surface area (Å²) in [5.74, 6) is 1.12. The van der Waals surface area contributed by atoms with E-state index in [1.165, 1.54) is 0 Å². The first-order chi connectivity index (χ1) is 10.7. The Kier molecular flexibility index (Phi) is 5.83. The van der Waals surface area contributed by atoms with Crippen LogP contribution in [0, 0.1) is 0 Å². The van der Waals surface area contributed by atoms with Crippen molar-refractivity contribution in [2.75, 3.05) is 13.2 Å². The zero-order valence-corrected chi connectivity index (χ0v) is 13.0. The molecule has 0 heterocycles. The molecule has 0 bridgehead atoms. The Balaban J connectivity index is 2.07. The van der Waals surface area contributed by atoms with Crippen molar-refractivity contribution in [3.8, 4) is 11.5 Å². The van der Waals surface area contributed by atoms with Crippen molar-refractivity contribution in [2.24, 2.45) is 0 Å². The smallest absolute Gasteiger partial charge is 0.251 e. The Morgan fingerprint density at radius 3 is 2.32 bits per heavy atom. The number of hydrogen-bond acceptors (Lipinski definition) is 3. The third-order valence-electron chi connectivity index (χ3n) is 3.10. The highest BCUT2D eigenvalue weighted by molar-refractivity contribution is 5.94. The molecule has 0 fully saturated rings. The Hall–Kier alpha value is -2.49. The van der Waals surface area contributed by atoms with Gasteiger partial charge in [-0.3, -0.25) is 4.79 Å². The van der Waals surface area contributed by atoms with Crippen LogP contribution in [0.3, 0.4) is 0 Å². The topological polar surface area (TPSA) is 47.6 Å². The summed E-state index contributed by atoms with van der Waals surface area (Å²) >= 11 is 0. The van der Waals surface area contributed by atoms with Crippen LogP contribution in [0.25, 0.3) is 0 Å². The lowest BCUT2D eigenvalue weighted by molar-refractivity contribution is 0.0950. The van der Waals surface area contributed by atoms with Crippen molar-refractivity contribution in [3.05, 3.63) is 59.7 Å². The highest BCUT2D eigenvalue weighted by Crippen LogP contribution is 2.28. The maximum absolute atomic E-state index is 12.2. The van der Waals surface area contributed by atoms with Gasteiger partial charge in [0.25, 0.3) is 5.91 Å². The van der Waals surface area contributed by atoms with Gasteiger partial charge in [-0.2, -0.15) is 0 Å². The second kappa shape index (κ2) is 8.08. The van der Waals surface area contributed by atoms with E-state index >= 15 is 0 Å². The summed E-state index contributed by atoms with van der Waals surface area (Å²) in [7, 11) is 0. The van der Waals surface area contributed by atoms with Crippen molar-refractivity contribution in [1.82, 2.24) is 5.32 Å². The minimum atomic E-state index is -0.132. The standard InChI is InChI=1S/C18H21NO3/c1-3-21-16-11-10-15(12-17(16)22-4-2)18(20)19-13-14-8-6-5-7-9-14/h5-12H,3-4,13H2,1-2H3,(H,19,20). The molecule has 1 N–H and O–H groups in total. The number of carbonyl (C=O) groups excluding carboxylic acids is 1. The number of benzene rings is 2. The molecule has 0 unspecified atom stereocenters. The van der Waals surface area contributed by atoms with Crippen molar-refractivity contribution < 1.29 is 14.3 Å². The van der Waals surface area contributed by atoms with E-state index in [2.05, 4.69) is 5.32 Å². The van der Waals surface area contributed by atoms with Crippen LogP contribution in [0.15, 0.2) is 48.5 Å². The molecule has 0 aromatic heterocycles. The molecule has 1 amide bonds. The molecule has 0 aliphatic carbocycles. The number of nitrogens with one attached hydrogen (secondary N) is 1. The summed E-state index contributed by atoms with van der Waals surface area (Å²) in [6, 6.07) is 15.0. The Labute approximate surface area is 131 Å². The molecule has 2 rings (SSSR count). The van der Waals surface area contributed by atoms with Gasteiger partial charge in [-0.25, -0.2) is 0 Å². The third-order valence-corrected chi connectivity index (χ3v) is 3.10. The third kappa shape index (κ3) is 4.25. The zero-order chi connectivity index (χ0) is 15.8. The summed E-state index contributed by atoms with van der Waals surface area (Å²) in [6.45, 7) is 5.39. The molecule has 2 aromatic carbocycles. The van der Waals surface area contributed by atoms with Gasteiger partial charge in [0.2, 0.25) is 0 Å². The molecule has 0 spiro atoms. The summed E-state index contributed by atoms with van der Waals surface area (Å²) in [5, 5.41) is 2.90. The molecular formula is C18H21NO3. The van der Waals surface area contributed by atoms with Crippen LogP contribution in [0.4, 0.5) is 0 Å². The van der Waals surface area contributed by atoms with Gasteiger partial charge in [-0.1, -0.05) is 30.3 Å². The maximum atomic E-state index is 12.2. The van der Waals surface area contributed by atoms with Crippen molar-refractivity contribution in [2.45, 2.75) is 20.4 Å². The van der Waals surface area contributed by atoms with E-state index in [9.17, 15) is 4.79 Å². The second-order valence-corrected chi connectivity index (χ2v) is 4.70. The van der Waals surface area contributed by atoms with E-state index in [4.69, 9.17) is 9.47 Å². The molecule has 116 valence electrons. The van der Waals surface area contributed by atoms with Gasteiger partial charge in [-0.05, 0) is 37.6 Å². The van der Waals surface area contributed by atoms with Gasteiger partial charge < -0.3 is 14.8 Å². The minimum absolute atomic E-state index is 0.132. The van der Waals surface area contributed by atoms with E-state index in [0.29, 0.717) is 36.8 Å². The molecule has 2 aromatic rings. The number of rotatable bonds is 7. The summed E-state index contributed by atoms with van der Waals surface area (Å²) in [4.78, 5) is 12.2. The van der Waals surface area contributed by atoms with Gasteiger partial charge in [0.05, 0.1) is 13.2 Å². The zero-order valence-electron chi connectivity index (χ0n) is 13.0. The van der Waals surface area contributed by atoms with Gasteiger partial charge in [-0.15, -0.1) is 0 Å². The fourth-order valence-electron chi connectivity index (χ4n) is 2.07. The van der Waals surface area contributed by atoms with E-state index in [-0.39, 0.29) is 5.91 Å². The average Bonchev–Trinajstić information content (AvgIpc) is 2.55. The first-order valence-corrected chi connectivity index (χ1v) is 7.46. The average molecular weight is 299 g/mol. The van der Waals surface area contributed by atoms with Crippen LogP contribution in [-0.4, -0.2) is 19.1 Å². The molecule has 0 saturated heterocycles. The van der Waals surface area contributed by atoms with Crippen LogP contribution < -0.4 is 14.8 Å². The fourth-order valence-corrected chi connectivity index (χ4v) is 2.07. The molecule has 0 radical (unpaired) electrons. The molecule has 0 aliphatic heterocycles. The van der Waals surface area contributed by atoms with E-state index < -0.39 is 0 Å². The second-order valence-electron chi connectivity index (χ2n) is 4.70. The lowest BCUT2D eigenvalue weighted by atomic mass is 10.1. The number of ether oxygens (including phenoxy) is 2. The van der Waals surface area contributed by atoms with Crippen LogP contribution in [0.2, 0.25) is 0 Å². The fraction of sp³-hybridized carbons (Fsp3) is 0.278.